The fourth-order valence-corrected chi connectivity index (χ4v) is 2.41. The molecule has 0 bridgehead atoms. The highest BCUT2D eigenvalue weighted by Crippen LogP contribution is 2.38. The Kier molecular flexibility index (Phi) is 5.63. The van der Waals surface area contributed by atoms with Crippen molar-refractivity contribution in [1.29, 1.82) is 0 Å². The van der Waals surface area contributed by atoms with Crippen LogP contribution in [0.4, 0.5) is 9.59 Å². The van der Waals surface area contributed by atoms with E-state index in [1.54, 1.807) is 6.07 Å². The standard InChI is InChI=1S/C18H20O6/c1-5-11-7-8-13-14(9-11)16(24-18(20)22-4)12(6-2)10-15(13)23-17(19)21-3/h7-10H,5-6H2,1-4H3. The Labute approximate surface area is 140 Å². The lowest BCUT2D eigenvalue weighted by Gasteiger charge is -2.15. The van der Waals surface area contributed by atoms with Gasteiger partial charge in [-0.2, -0.15) is 0 Å². The number of ether oxygens (including phenoxy) is 4. The van der Waals surface area contributed by atoms with Crippen molar-refractivity contribution in [3.8, 4) is 11.5 Å². The van der Waals surface area contributed by atoms with Crippen LogP contribution in [-0.4, -0.2) is 26.5 Å². The molecule has 128 valence electrons. The summed E-state index contributed by atoms with van der Waals surface area (Å²) in [4.78, 5) is 23.1. The molecule has 0 spiro atoms. The first-order valence-electron chi connectivity index (χ1n) is 7.64. The second kappa shape index (κ2) is 7.68. The van der Waals surface area contributed by atoms with Gasteiger partial charge in [-0.05, 0) is 36.1 Å². The molecule has 0 heterocycles. The third-order valence-electron chi connectivity index (χ3n) is 3.69. The summed E-state index contributed by atoms with van der Waals surface area (Å²) in [5, 5.41) is 1.33. The molecule has 0 amide bonds. The monoisotopic (exact) mass is 332 g/mol. The van der Waals surface area contributed by atoms with Crippen molar-refractivity contribution < 1.29 is 28.5 Å². The summed E-state index contributed by atoms with van der Waals surface area (Å²) in [6.45, 7) is 3.94. The third kappa shape index (κ3) is 3.59. The predicted molar refractivity (Wildman–Crippen MR) is 88.8 cm³/mol. The minimum absolute atomic E-state index is 0.355. The van der Waals surface area contributed by atoms with Gasteiger partial charge in [0.1, 0.15) is 11.5 Å². The lowest BCUT2D eigenvalue weighted by Crippen LogP contribution is -2.11. The number of methoxy groups -OCH3 is 2. The van der Waals surface area contributed by atoms with Crippen LogP contribution in [-0.2, 0) is 22.3 Å². The van der Waals surface area contributed by atoms with E-state index in [2.05, 4.69) is 9.47 Å². The molecule has 0 aliphatic rings. The van der Waals surface area contributed by atoms with Gasteiger partial charge < -0.3 is 18.9 Å². The van der Waals surface area contributed by atoms with Gasteiger partial charge in [-0.25, -0.2) is 9.59 Å². The molecule has 2 rings (SSSR count). The van der Waals surface area contributed by atoms with Crippen LogP contribution in [0.3, 0.4) is 0 Å². The number of rotatable bonds is 4. The van der Waals surface area contributed by atoms with E-state index in [-0.39, 0.29) is 0 Å². The van der Waals surface area contributed by atoms with Crippen LogP contribution in [0.25, 0.3) is 10.8 Å². The first-order valence-corrected chi connectivity index (χ1v) is 7.64. The van der Waals surface area contributed by atoms with Crippen molar-refractivity contribution in [3.05, 3.63) is 35.4 Å². The Morgan fingerprint density at radius 3 is 2.12 bits per heavy atom. The van der Waals surface area contributed by atoms with Gasteiger partial charge in [0.15, 0.2) is 0 Å². The summed E-state index contributed by atoms with van der Waals surface area (Å²) in [6.07, 6.45) is -0.207. The molecule has 0 saturated heterocycles. The highest BCUT2D eigenvalue weighted by Gasteiger charge is 2.19. The van der Waals surface area contributed by atoms with E-state index in [1.165, 1.54) is 14.2 Å². The zero-order valence-corrected chi connectivity index (χ0v) is 14.2. The highest BCUT2D eigenvalue weighted by molar-refractivity contribution is 5.97. The van der Waals surface area contributed by atoms with Gasteiger partial charge >= 0.3 is 12.3 Å². The SMILES string of the molecule is CCc1ccc2c(OC(=O)OC)cc(CC)c(OC(=O)OC)c2c1. The first kappa shape index (κ1) is 17.6. The van der Waals surface area contributed by atoms with Crippen molar-refractivity contribution in [2.24, 2.45) is 0 Å². The van der Waals surface area contributed by atoms with Gasteiger partial charge in [-0.15, -0.1) is 0 Å². The fraction of sp³-hybridized carbons (Fsp3) is 0.333. The number of hydrogen-bond donors (Lipinski definition) is 0. The lowest BCUT2D eigenvalue weighted by molar-refractivity contribution is 0.119. The molecule has 6 heteroatoms. The Morgan fingerprint density at radius 1 is 0.875 bits per heavy atom. The van der Waals surface area contributed by atoms with Crippen molar-refractivity contribution in [3.63, 3.8) is 0 Å². The maximum atomic E-state index is 11.6. The second-order valence-corrected chi connectivity index (χ2v) is 5.06. The first-order chi connectivity index (χ1) is 11.5. The van der Waals surface area contributed by atoms with Gasteiger partial charge in [0.25, 0.3) is 0 Å². The predicted octanol–water partition coefficient (Wildman–Crippen LogP) is 4.26. The highest BCUT2D eigenvalue weighted by atomic mass is 16.7. The van der Waals surface area contributed by atoms with Gasteiger partial charge in [0, 0.05) is 10.8 Å². The van der Waals surface area contributed by atoms with Gasteiger partial charge in [-0.1, -0.05) is 26.0 Å². The molecule has 0 unspecified atom stereocenters. The summed E-state index contributed by atoms with van der Waals surface area (Å²) in [6, 6.07) is 7.34. The molecule has 0 radical (unpaired) electrons. The normalized spacial score (nSPS) is 10.3. The maximum absolute atomic E-state index is 11.6. The summed E-state index contributed by atoms with van der Waals surface area (Å²) in [5.74, 6) is 0.764. The Hall–Kier alpha value is -2.76. The minimum Gasteiger partial charge on any atom is -0.437 e. The molecule has 0 saturated carbocycles. The summed E-state index contributed by atoms with van der Waals surface area (Å²) in [5.41, 5.74) is 1.79. The summed E-state index contributed by atoms with van der Waals surface area (Å²) >= 11 is 0. The van der Waals surface area contributed by atoms with Crippen molar-refractivity contribution >= 4 is 23.1 Å². The zero-order valence-electron chi connectivity index (χ0n) is 14.2. The molecule has 0 aliphatic carbocycles. The molecule has 0 aromatic heterocycles. The quantitative estimate of drug-likeness (QED) is 0.615. The number of carbonyl (C=O) groups is 2. The van der Waals surface area contributed by atoms with Gasteiger partial charge in [0.2, 0.25) is 0 Å². The van der Waals surface area contributed by atoms with Gasteiger partial charge in [-0.3, -0.25) is 0 Å². The topological polar surface area (TPSA) is 71.1 Å². The van der Waals surface area contributed by atoms with E-state index in [1.807, 2.05) is 32.0 Å². The van der Waals surface area contributed by atoms with Crippen LogP contribution < -0.4 is 9.47 Å². The van der Waals surface area contributed by atoms with Crippen LogP contribution in [0.5, 0.6) is 11.5 Å². The van der Waals surface area contributed by atoms with E-state index < -0.39 is 12.3 Å². The van der Waals surface area contributed by atoms with Crippen LogP contribution >= 0.6 is 0 Å². The van der Waals surface area contributed by atoms with Crippen LogP contribution in [0.2, 0.25) is 0 Å². The summed E-state index contributed by atoms with van der Waals surface area (Å²) in [7, 11) is 2.50. The molecular weight excluding hydrogens is 312 g/mol. The van der Waals surface area contributed by atoms with Crippen LogP contribution in [0, 0.1) is 0 Å². The largest absolute Gasteiger partial charge is 0.513 e. The fourth-order valence-electron chi connectivity index (χ4n) is 2.41. The number of hydrogen-bond acceptors (Lipinski definition) is 6. The molecule has 6 nitrogen and oxygen atoms in total. The number of carbonyl (C=O) groups excluding carboxylic acids is 2. The second-order valence-electron chi connectivity index (χ2n) is 5.06. The average molecular weight is 332 g/mol. The van der Waals surface area contributed by atoms with Crippen molar-refractivity contribution in [1.82, 2.24) is 0 Å². The molecule has 2 aromatic rings. The Morgan fingerprint density at radius 2 is 1.54 bits per heavy atom. The number of benzene rings is 2. The van der Waals surface area contributed by atoms with Gasteiger partial charge in [0.05, 0.1) is 14.2 Å². The minimum atomic E-state index is -0.806. The Balaban J connectivity index is 2.71. The molecule has 0 aliphatic heterocycles. The van der Waals surface area contributed by atoms with E-state index in [0.717, 1.165) is 17.5 Å². The van der Waals surface area contributed by atoms with E-state index >= 15 is 0 Å². The zero-order chi connectivity index (χ0) is 17.7. The van der Waals surface area contributed by atoms with E-state index in [0.29, 0.717) is 28.7 Å². The third-order valence-corrected chi connectivity index (χ3v) is 3.69. The number of fused-ring (bicyclic) bond motifs is 1. The lowest BCUT2D eigenvalue weighted by atomic mass is 9.99. The van der Waals surface area contributed by atoms with E-state index in [4.69, 9.17) is 9.47 Å². The van der Waals surface area contributed by atoms with Crippen LogP contribution in [0.15, 0.2) is 24.3 Å². The summed E-state index contributed by atoms with van der Waals surface area (Å²) < 4.78 is 19.8. The van der Waals surface area contributed by atoms with Crippen molar-refractivity contribution in [2.75, 3.05) is 14.2 Å². The molecule has 0 N–H and O–H groups in total. The smallest absolute Gasteiger partial charge is 0.437 e. The molecule has 0 atom stereocenters. The van der Waals surface area contributed by atoms with E-state index in [9.17, 15) is 9.59 Å². The molecule has 0 fully saturated rings. The van der Waals surface area contributed by atoms with Crippen LogP contribution in [0.1, 0.15) is 25.0 Å². The van der Waals surface area contributed by atoms with Crippen molar-refractivity contribution in [2.45, 2.75) is 26.7 Å². The molecular formula is C18H20O6. The molecule has 24 heavy (non-hydrogen) atoms. The maximum Gasteiger partial charge on any atom is 0.513 e. The molecule has 2 aromatic carbocycles. The number of aryl methyl sites for hydroxylation is 2. The Bertz CT molecular complexity index is 766. The average Bonchev–Trinajstić information content (AvgIpc) is 2.62.